The molecule has 0 aliphatic rings. The lowest BCUT2D eigenvalue weighted by molar-refractivity contribution is -0.384. The summed E-state index contributed by atoms with van der Waals surface area (Å²) in [4.78, 5) is 24.4. The maximum atomic E-state index is 12.9. The van der Waals surface area contributed by atoms with Crippen molar-refractivity contribution in [2.45, 2.75) is 16.7 Å². The average Bonchev–Trinajstić information content (AvgIpc) is 2.76. The maximum absolute atomic E-state index is 12.9. The van der Waals surface area contributed by atoms with E-state index in [4.69, 9.17) is 0 Å². The van der Waals surface area contributed by atoms with E-state index in [1.807, 2.05) is 31.2 Å². The third-order valence-corrected chi connectivity index (χ3v) is 5.24. The van der Waals surface area contributed by atoms with Crippen LogP contribution in [0.25, 0.3) is 0 Å². The van der Waals surface area contributed by atoms with Crippen LogP contribution in [0.2, 0.25) is 0 Å². The molecule has 3 aromatic carbocycles. The fourth-order valence-corrected chi connectivity index (χ4v) is 3.43. The van der Waals surface area contributed by atoms with Gasteiger partial charge in [-0.25, -0.2) is 9.82 Å². The minimum atomic E-state index is -0.483. The van der Waals surface area contributed by atoms with Gasteiger partial charge >= 0.3 is 0 Å². The van der Waals surface area contributed by atoms with Crippen LogP contribution in [0.3, 0.4) is 0 Å². The van der Waals surface area contributed by atoms with Crippen LogP contribution >= 0.6 is 11.8 Å². The molecule has 31 heavy (non-hydrogen) atoms. The van der Waals surface area contributed by atoms with Gasteiger partial charge in [-0.2, -0.15) is 5.10 Å². The van der Waals surface area contributed by atoms with Crippen molar-refractivity contribution in [1.82, 2.24) is 5.43 Å². The fourth-order valence-electron chi connectivity index (χ4n) is 2.54. The summed E-state index contributed by atoms with van der Waals surface area (Å²) >= 11 is 1.44. The second-order valence-electron chi connectivity index (χ2n) is 6.55. The highest BCUT2D eigenvalue weighted by atomic mass is 32.2. The number of nitrogens with one attached hydrogen (secondary N) is 2. The smallest absolute Gasteiger partial charge is 0.270 e. The topological polar surface area (TPSA) is 96.6 Å². The van der Waals surface area contributed by atoms with Gasteiger partial charge in [0.25, 0.3) is 11.6 Å². The molecule has 0 saturated carbocycles. The predicted molar refractivity (Wildman–Crippen MR) is 119 cm³/mol. The number of carbonyl (C=O) groups is 1. The zero-order valence-corrected chi connectivity index (χ0v) is 17.4. The number of carbonyl (C=O) groups excluding carboxylic acids is 1. The highest BCUT2D eigenvalue weighted by Gasteiger charge is 2.11. The van der Waals surface area contributed by atoms with Crippen molar-refractivity contribution in [3.05, 3.63) is 93.8 Å². The minimum absolute atomic E-state index is 0.0666. The fraction of sp³-hybridized carbons (Fsp3) is 0.0909. The minimum Gasteiger partial charge on any atom is -0.376 e. The molecule has 7 nitrogen and oxygen atoms in total. The van der Waals surface area contributed by atoms with E-state index in [9.17, 15) is 19.3 Å². The molecule has 0 aliphatic heterocycles. The number of hydrazone groups is 1. The largest absolute Gasteiger partial charge is 0.376 e. The molecule has 0 radical (unpaired) electrons. The highest BCUT2D eigenvalue weighted by molar-refractivity contribution is 7.99. The molecule has 9 heteroatoms. The molecule has 0 heterocycles. The second kappa shape index (κ2) is 10.4. The summed E-state index contributed by atoms with van der Waals surface area (Å²) in [6.07, 6.45) is 1.37. The van der Waals surface area contributed by atoms with E-state index in [0.29, 0.717) is 11.3 Å². The van der Waals surface area contributed by atoms with Gasteiger partial charge in [-0.05, 0) is 49.4 Å². The monoisotopic (exact) mass is 438 g/mol. The van der Waals surface area contributed by atoms with Crippen molar-refractivity contribution in [2.24, 2.45) is 5.10 Å². The third-order valence-electron chi connectivity index (χ3n) is 4.14. The Morgan fingerprint density at radius 3 is 2.52 bits per heavy atom. The Labute approximate surface area is 182 Å². The van der Waals surface area contributed by atoms with Crippen LogP contribution in [-0.2, 0) is 4.79 Å². The number of hydrogen-bond acceptors (Lipinski definition) is 6. The van der Waals surface area contributed by atoms with Crippen molar-refractivity contribution in [2.75, 3.05) is 11.9 Å². The number of benzene rings is 3. The Bertz CT molecular complexity index is 1100. The van der Waals surface area contributed by atoms with Crippen LogP contribution in [0.1, 0.15) is 11.1 Å². The van der Waals surface area contributed by atoms with E-state index >= 15 is 0 Å². The van der Waals surface area contributed by atoms with Gasteiger partial charge in [0.1, 0.15) is 5.82 Å². The Hall–Kier alpha value is -3.72. The molecule has 0 bridgehead atoms. The molecular weight excluding hydrogens is 419 g/mol. The summed E-state index contributed by atoms with van der Waals surface area (Å²) in [7, 11) is 0. The maximum Gasteiger partial charge on any atom is 0.270 e. The number of rotatable bonds is 8. The number of nitro benzene ring substituents is 1. The molecule has 3 rings (SSSR count). The first-order chi connectivity index (χ1) is 14.9. The first-order valence-corrected chi connectivity index (χ1v) is 10.1. The van der Waals surface area contributed by atoms with Crippen LogP contribution in [0, 0.1) is 22.9 Å². The molecule has 0 unspecified atom stereocenters. The van der Waals surface area contributed by atoms with Crippen LogP contribution in [0.5, 0.6) is 0 Å². The normalized spacial score (nSPS) is 10.8. The summed E-state index contributed by atoms with van der Waals surface area (Å²) < 4.78 is 12.9. The zero-order valence-electron chi connectivity index (χ0n) is 16.5. The molecule has 0 atom stereocenters. The van der Waals surface area contributed by atoms with Crippen molar-refractivity contribution < 1.29 is 14.1 Å². The molecule has 2 N–H and O–H groups in total. The molecule has 0 fully saturated rings. The third kappa shape index (κ3) is 6.65. The van der Waals surface area contributed by atoms with E-state index < -0.39 is 10.8 Å². The lowest BCUT2D eigenvalue weighted by Gasteiger charge is -2.07. The van der Waals surface area contributed by atoms with Crippen molar-refractivity contribution in [3.8, 4) is 0 Å². The number of nitro groups is 1. The molecule has 0 aromatic heterocycles. The molecule has 0 saturated heterocycles. The van der Waals surface area contributed by atoms with Gasteiger partial charge in [0.15, 0.2) is 0 Å². The van der Waals surface area contributed by atoms with Crippen LogP contribution < -0.4 is 10.7 Å². The van der Waals surface area contributed by atoms with Crippen molar-refractivity contribution in [3.63, 3.8) is 0 Å². The number of amides is 1. The van der Waals surface area contributed by atoms with Crippen LogP contribution in [0.15, 0.2) is 81.6 Å². The van der Waals surface area contributed by atoms with E-state index in [1.54, 1.807) is 6.07 Å². The first kappa shape index (κ1) is 22.0. The molecule has 1 amide bonds. The van der Waals surface area contributed by atoms with E-state index in [-0.39, 0.29) is 18.0 Å². The lowest BCUT2D eigenvalue weighted by atomic mass is 10.2. The number of non-ortho nitro benzene ring substituents is 1. The van der Waals surface area contributed by atoms with E-state index in [2.05, 4.69) is 15.8 Å². The van der Waals surface area contributed by atoms with Gasteiger partial charge in [-0.1, -0.05) is 29.5 Å². The second-order valence-corrected chi connectivity index (χ2v) is 7.66. The van der Waals surface area contributed by atoms with Gasteiger partial charge in [0.2, 0.25) is 0 Å². The predicted octanol–water partition coefficient (Wildman–Crippen LogP) is 4.76. The average molecular weight is 438 g/mol. The van der Waals surface area contributed by atoms with Gasteiger partial charge in [-0.3, -0.25) is 14.9 Å². The number of anilines is 1. The van der Waals surface area contributed by atoms with E-state index in [1.165, 1.54) is 54.4 Å². The molecular formula is C22H19FN4O3S. The summed E-state index contributed by atoms with van der Waals surface area (Å²) in [5.74, 6) is -0.783. The molecule has 3 aromatic rings. The molecule has 0 aliphatic carbocycles. The number of halogens is 1. The van der Waals surface area contributed by atoms with E-state index in [0.717, 1.165) is 15.4 Å². The van der Waals surface area contributed by atoms with Gasteiger partial charge < -0.3 is 5.32 Å². The zero-order chi connectivity index (χ0) is 22.2. The van der Waals surface area contributed by atoms with Crippen molar-refractivity contribution >= 4 is 35.3 Å². The highest BCUT2D eigenvalue weighted by Crippen LogP contribution is 2.32. The number of aryl methyl sites for hydroxylation is 1. The van der Waals surface area contributed by atoms with Crippen molar-refractivity contribution in [1.29, 1.82) is 0 Å². The van der Waals surface area contributed by atoms with Gasteiger partial charge in [0.05, 0.1) is 17.7 Å². The Balaban J connectivity index is 1.67. The summed E-state index contributed by atoms with van der Waals surface area (Å²) in [6, 6.07) is 18.0. The van der Waals surface area contributed by atoms with Gasteiger partial charge in [0, 0.05) is 33.2 Å². The quantitative estimate of drug-likeness (QED) is 0.300. The van der Waals surface area contributed by atoms with Crippen LogP contribution in [-0.4, -0.2) is 23.6 Å². The first-order valence-electron chi connectivity index (χ1n) is 9.25. The molecule has 158 valence electrons. The van der Waals surface area contributed by atoms with Gasteiger partial charge in [-0.15, -0.1) is 0 Å². The Morgan fingerprint density at radius 1 is 1.13 bits per heavy atom. The Morgan fingerprint density at radius 2 is 1.84 bits per heavy atom. The molecule has 0 spiro atoms. The lowest BCUT2D eigenvalue weighted by Crippen LogP contribution is -2.25. The summed E-state index contributed by atoms with van der Waals surface area (Å²) in [6.45, 7) is 1.93. The summed E-state index contributed by atoms with van der Waals surface area (Å²) in [5.41, 5.74) is 4.54. The summed E-state index contributed by atoms with van der Waals surface area (Å²) in [5, 5.41) is 17.9. The SMILES string of the molecule is Cc1ccc(Sc2ccc([N+](=O)[O-])cc2/C=N/NC(=O)CNc2ccc(F)cc2)cc1. The Kier molecular flexibility index (Phi) is 7.34. The number of hydrogen-bond donors (Lipinski definition) is 2. The standard InChI is InChI=1S/C22H19FN4O3S/c1-15-2-9-20(10-3-15)31-21-11-8-19(27(29)30)12-16(21)13-25-26-22(28)14-24-18-6-4-17(23)5-7-18/h2-13,24H,14H2,1H3,(H,26,28)/b25-13+. The number of nitrogens with zero attached hydrogens (tertiary/aromatic N) is 2. The van der Waals surface area contributed by atoms with Crippen LogP contribution in [0.4, 0.5) is 15.8 Å².